The highest BCUT2D eigenvalue weighted by Crippen LogP contribution is 1.98. The second kappa shape index (κ2) is 10.7. The van der Waals surface area contributed by atoms with Crippen LogP contribution < -0.4 is 0 Å². The lowest BCUT2D eigenvalue weighted by Crippen LogP contribution is -2.16. The number of esters is 1. The summed E-state index contributed by atoms with van der Waals surface area (Å²) in [4.78, 5) is 35.5. The Morgan fingerprint density at radius 1 is 1.24 bits per heavy atom. The summed E-state index contributed by atoms with van der Waals surface area (Å²) in [7, 11) is 0. The third-order valence-electron chi connectivity index (χ3n) is 2.23. The number of nitrogens with zero attached hydrogens (tertiary/aromatic N) is 2. The maximum Gasteiger partial charge on any atom is 0.332 e. The summed E-state index contributed by atoms with van der Waals surface area (Å²) in [6.45, 7) is 4.30. The third-order valence-corrected chi connectivity index (χ3v) is 2.23. The van der Waals surface area contributed by atoms with Crippen LogP contribution in [0.4, 0.5) is 0 Å². The monoisotopic (exact) mass is 300 g/mol. The lowest BCUT2D eigenvalue weighted by atomic mass is 10.2. The molecule has 0 amide bonds. The van der Waals surface area contributed by atoms with Gasteiger partial charge in [-0.1, -0.05) is 0 Å². The predicted octanol–water partition coefficient (Wildman–Crippen LogP) is 1.51. The van der Waals surface area contributed by atoms with E-state index in [1.807, 2.05) is 0 Å². The van der Waals surface area contributed by atoms with Crippen molar-refractivity contribution in [3.63, 3.8) is 0 Å². The molecule has 0 unspecified atom stereocenters. The maximum atomic E-state index is 11.2. The molecule has 0 heterocycles. The Morgan fingerprint density at radius 2 is 1.90 bits per heavy atom. The van der Waals surface area contributed by atoms with Crippen LogP contribution in [0.5, 0.6) is 0 Å². The first kappa shape index (κ1) is 18.9. The molecule has 21 heavy (non-hydrogen) atoms. The Morgan fingerprint density at radius 3 is 2.48 bits per heavy atom. The smallest absolute Gasteiger partial charge is 0.332 e. The first-order valence-corrected chi connectivity index (χ1v) is 6.40. The molecule has 0 aliphatic heterocycles. The molecule has 0 rings (SSSR count). The fraction of sp³-hybridized carbons (Fsp3) is 0.615. The zero-order valence-electron chi connectivity index (χ0n) is 12.5. The molecule has 8 heteroatoms. The summed E-state index contributed by atoms with van der Waals surface area (Å²) in [5, 5.41) is 10.4. The molecule has 0 aliphatic carbocycles. The van der Waals surface area contributed by atoms with Crippen LogP contribution in [0.1, 0.15) is 33.6 Å². The van der Waals surface area contributed by atoms with E-state index < -0.39 is 10.9 Å². The van der Waals surface area contributed by atoms with Gasteiger partial charge < -0.3 is 9.47 Å². The zero-order chi connectivity index (χ0) is 16.3. The Bertz CT molecular complexity index is 442. The van der Waals surface area contributed by atoms with Gasteiger partial charge in [-0.2, -0.15) is 0 Å². The standard InChI is InChI=1S/C13H20N2O6/c1-10(14-7-11(2)15(18)19)5-4-6-21-13(17)9-20-8-12(3)16/h7H,4-6,8-9H2,1-3H3/b11-7+,14-10?. The van der Waals surface area contributed by atoms with Crippen molar-refractivity contribution < 1.29 is 24.0 Å². The van der Waals surface area contributed by atoms with Gasteiger partial charge in [-0.25, -0.2) is 4.79 Å². The molecule has 0 aromatic rings. The molecule has 118 valence electrons. The fourth-order valence-electron chi connectivity index (χ4n) is 1.15. The van der Waals surface area contributed by atoms with Gasteiger partial charge >= 0.3 is 5.97 Å². The highest BCUT2D eigenvalue weighted by molar-refractivity contribution is 5.82. The number of carbonyl (C=O) groups is 2. The van der Waals surface area contributed by atoms with E-state index in [0.29, 0.717) is 18.6 Å². The molecule has 0 saturated carbocycles. The molecule has 0 atom stereocenters. The number of aliphatic imine (C=N–C) groups is 1. The van der Waals surface area contributed by atoms with Crippen LogP contribution in [0.3, 0.4) is 0 Å². The van der Waals surface area contributed by atoms with Crippen LogP contribution in [0, 0.1) is 10.1 Å². The number of ketones is 1. The van der Waals surface area contributed by atoms with Crippen molar-refractivity contribution in [2.45, 2.75) is 33.6 Å². The molecule has 0 spiro atoms. The number of hydrogen-bond donors (Lipinski definition) is 0. The Balaban J connectivity index is 3.82. The van der Waals surface area contributed by atoms with Crippen molar-refractivity contribution in [3.05, 3.63) is 22.0 Å². The van der Waals surface area contributed by atoms with Crippen molar-refractivity contribution in [1.29, 1.82) is 0 Å². The van der Waals surface area contributed by atoms with Gasteiger partial charge in [0, 0.05) is 12.6 Å². The van der Waals surface area contributed by atoms with Crippen molar-refractivity contribution in [1.82, 2.24) is 0 Å². The Kier molecular flexibility index (Phi) is 9.61. The van der Waals surface area contributed by atoms with Crippen LogP contribution in [-0.4, -0.2) is 42.2 Å². The van der Waals surface area contributed by atoms with Crippen LogP contribution in [0.15, 0.2) is 16.9 Å². The van der Waals surface area contributed by atoms with Crippen LogP contribution >= 0.6 is 0 Å². The first-order chi connectivity index (χ1) is 9.82. The minimum atomic E-state index is -0.532. The number of hydrogen-bond acceptors (Lipinski definition) is 7. The van der Waals surface area contributed by atoms with E-state index in [-0.39, 0.29) is 31.3 Å². The SMILES string of the molecule is CC(=O)COCC(=O)OCCCC(C)=N/C=C(\C)[N+](=O)[O-]. The quantitative estimate of drug-likeness (QED) is 0.199. The van der Waals surface area contributed by atoms with Crippen LogP contribution in [0.25, 0.3) is 0 Å². The largest absolute Gasteiger partial charge is 0.464 e. The minimum Gasteiger partial charge on any atom is -0.464 e. The lowest BCUT2D eigenvalue weighted by Gasteiger charge is -2.04. The van der Waals surface area contributed by atoms with Crippen molar-refractivity contribution >= 4 is 17.5 Å². The van der Waals surface area contributed by atoms with E-state index in [9.17, 15) is 19.7 Å². The fourth-order valence-corrected chi connectivity index (χ4v) is 1.15. The summed E-state index contributed by atoms with van der Waals surface area (Å²) in [6, 6.07) is 0. The van der Waals surface area contributed by atoms with E-state index in [2.05, 4.69) is 4.99 Å². The van der Waals surface area contributed by atoms with Gasteiger partial charge in [-0.15, -0.1) is 0 Å². The van der Waals surface area contributed by atoms with E-state index in [4.69, 9.17) is 9.47 Å². The second-order valence-electron chi connectivity index (χ2n) is 4.41. The van der Waals surface area contributed by atoms with E-state index in [0.717, 1.165) is 0 Å². The maximum absolute atomic E-state index is 11.2. The summed E-state index contributed by atoms with van der Waals surface area (Å²) in [6.07, 6.45) is 2.30. The number of Topliss-reactive ketones (excluding diaryl/α,β-unsaturated/α-hetero) is 1. The third kappa shape index (κ3) is 11.4. The molecular formula is C13H20N2O6. The van der Waals surface area contributed by atoms with Crippen molar-refractivity contribution in [2.24, 2.45) is 4.99 Å². The normalized spacial score (nSPS) is 12.1. The predicted molar refractivity (Wildman–Crippen MR) is 75.6 cm³/mol. The molecule has 8 nitrogen and oxygen atoms in total. The summed E-state index contributed by atoms with van der Waals surface area (Å²) in [5.74, 6) is -0.692. The molecule has 0 aromatic heterocycles. The number of ether oxygens (including phenoxy) is 2. The number of nitro groups is 1. The van der Waals surface area contributed by atoms with Crippen molar-refractivity contribution in [3.8, 4) is 0 Å². The van der Waals surface area contributed by atoms with Gasteiger partial charge in [0.1, 0.15) is 13.2 Å². The first-order valence-electron chi connectivity index (χ1n) is 6.40. The summed E-state index contributed by atoms with van der Waals surface area (Å²) >= 11 is 0. The zero-order valence-corrected chi connectivity index (χ0v) is 12.5. The molecule has 0 saturated heterocycles. The van der Waals surface area contributed by atoms with Gasteiger partial charge in [0.2, 0.25) is 0 Å². The average molecular weight is 300 g/mol. The van der Waals surface area contributed by atoms with Gasteiger partial charge in [-0.05, 0) is 26.7 Å². The Labute approximate surface area is 123 Å². The number of carbonyl (C=O) groups excluding carboxylic acids is 2. The Hall–Kier alpha value is -2.09. The number of rotatable bonds is 10. The number of allylic oxidation sites excluding steroid dienone is 1. The van der Waals surface area contributed by atoms with E-state index in [1.165, 1.54) is 20.0 Å². The van der Waals surface area contributed by atoms with Gasteiger partial charge in [0.25, 0.3) is 5.70 Å². The molecular weight excluding hydrogens is 280 g/mol. The van der Waals surface area contributed by atoms with Crippen LogP contribution in [-0.2, 0) is 19.1 Å². The van der Waals surface area contributed by atoms with Crippen molar-refractivity contribution in [2.75, 3.05) is 19.8 Å². The lowest BCUT2D eigenvalue weighted by molar-refractivity contribution is -0.424. The highest BCUT2D eigenvalue weighted by atomic mass is 16.6. The average Bonchev–Trinajstić information content (AvgIpc) is 2.40. The van der Waals surface area contributed by atoms with Gasteiger partial charge in [-0.3, -0.25) is 19.9 Å². The molecule has 0 bridgehead atoms. The topological polar surface area (TPSA) is 108 Å². The second-order valence-corrected chi connectivity index (χ2v) is 4.41. The molecule has 0 radical (unpaired) electrons. The van der Waals surface area contributed by atoms with Gasteiger partial charge in [0.15, 0.2) is 5.78 Å². The van der Waals surface area contributed by atoms with E-state index >= 15 is 0 Å². The molecule has 0 aliphatic rings. The highest BCUT2D eigenvalue weighted by Gasteiger charge is 2.04. The summed E-state index contributed by atoms with van der Waals surface area (Å²) < 4.78 is 9.69. The van der Waals surface area contributed by atoms with E-state index in [1.54, 1.807) is 6.92 Å². The summed E-state index contributed by atoms with van der Waals surface area (Å²) in [5.41, 5.74) is 0.670. The molecule has 0 N–H and O–H groups in total. The molecule has 0 fully saturated rings. The minimum absolute atomic E-state index is 0.0385. The molecule has 0 aromatic carbocycles. The van der Waals surface area contributed by atoms with Crippen LogP contribution in [0.2, 0.25) is 0 Å². The van der Waals surface area contributed by atoms with Gasteiger partial charge in [0.05, 0.1) is 17.7 Å².